The lowest BCUT2D eigenvalue weighted by atomic mass is 9.67. The van der Waals surface area contributed by atoms with Gasteiger partial charge in [-0.25, -0.2) is 0 Å². The van der Waals surface area contributed by atoms with Crippen molar-refractivity contribution in [1.29, 1.82) is 0 Å². The van der Waals surface area contributed by atoms with E-state index in [2.05, 4.69) is 13.8 Å². The summed E-state index contributed by atoms with van der Waals surface area (Å²) in [6.45, 7) is 6.46. The zero-order valence-corrected chi connectivity index (χ0v) is 10.3. The normalized spacial score (nSPS) is 35.4. The van der Waals surface area contributed by atoms with E-state index in [-0.39, 0.29) is 23.6 Å². The fourth-order valence-electron chi connectivity index (χ4n) is 3.64. The molecule has 3 nitrogen and oxygen atoms in total. The van der Waals surface area contributed by atoms with E-state index >= 15 is 0 Å². The molecule has 2 aliphatic carbocycles. The summed E-state index contributed by atoms with van der Waals surface area (Å²) < 4.78 is 5.00. The number of fused-ring (bicyclic) bond motifs is 2. The summed E-state index contributed by atoms with van der Waals surface area (Å²) in [4.78, 5) is 23.7. The van der Waals surface area contributed by atoms with E-state index in [1.807, 2.05) is 0 Å². The Hall–Kier alpha value is -0.860. The number of ketones is 1. The number of hydrogen-bond acceptors (Lipinski definition) is 3. The van der Waals surface area contributed by atoms with Crippen LogP contribution >= 0.6 is 0 Å². The molecule has 0 N–H and O–H groups in total. The average molecular weight is 224 g/mol. The molecule has 16 heavy (non-hydrogen) atoms. The van der Waals surface area contributed by atoms with Crippen LogP contribution in [0.1, 0.15) is 46.5 Å². The molecule has 2 bridgehead atoms. The van der Waals surface area contributed by atoms with Crippen LogP contribution in [0, 0.1) is 16.7 Å². The molecule has 0 aromatic heterocycles. The van der Waals surface area contributed by atoms with Crippen molar-refractivity contribution >= 4 is 11.8 Å². The predicted molar refractivity (Wildman–Crippen MR) is 59.8 cm³/mol. The number of carbonyl (C=O) groups excluding carboxylic acids is 2. The molecule has 2 aliphatic rings. The molecule has 2 rings (SSSR count). The van der Waals surface area contributed by atoms with Crippen LogP contribution in [0.15, 0.2) is 0 Å². The molecule has 3 heteroatoms. The maximum absolute atomic E-state index is 12.1. The Balaban J connectivity index is 2.22. The van der Waals surface area contributed by atoms with Crippen molar-refractivity contribution in [2.75, 3.05) is 6.61 Å². The Labute approximate surface area is 96.5 Å². The minimum atomic E-state index is -0.427. The first-order valence-electron chi connectivity index (χ1n) is 6.13. The van der Waals surface area contributed by atoms with Gasteiger partial charge in [0.2, 0.25) is 0 Å². The van der Waals surface area contributed by atoms with Gasteiger partial charge in [0.25, 0.3) is 0 Å². The molecule has 2 atom stereocenters. The quantitative estimate of drug-likeness (QED) is 0.691. The van der Waals surface area contributed by atoms with Crippen molar-refractivity contribution in [2.24, 2.45) is 16.7 Å². The molecule has 2 fully saturated rings. The minimum Gasteiger partial charge on any atom is -0.466 e. The molecule has 0 heterocycles. The smallest absolute Gasteiger partial charge is 0.306 e. The number of hydrogen-bond donors (Lipinski definition) is 0. The molecule has 2 unspecified atom stereocenters. The number of rotatable bonds is 3. The third-order valence-corrected chi connectivity index (χ3v) is 4.89. The SMILES string of the molecule is CCOC(=O)CC12CCC(CC1=O)C2(C)C. The van der Waals surface area contributed by atoms with E-state index in [0.717, 1.165) is 12.8 Å². The van der Waals surface area contributed by atoms with Gasteiger partial charge in [-0.05, 0) is 31.1 Å². The van der Waals surface area contributed by atoms with Crippen LogP contribution in [0.3, 0.4) is 0 Å². The van der Waals surface area contributed by atoms with Crippen LogP contribution in [-0.2, 0) is 14.3 Å². The third kappa shape index (κ3) is 1.33. The third-order valence-electron chi connectivity index (χ3n) is 4.89. The Morgan fingerprint density at radius 3 is 2.62 bits per heavy atom. The first-order chi connectivity index (χ1) is 7.44. The summed E-state index contributed by atoms with van der Waals surface area (Å²) in [5, 5.41) is 0. The predicted octanol–water partition coefficient (Wildman–Crippen LogP) is 2.33. The molecule has 0 aromatic rings. The second kappa shape index (κ2) is 3.57. The van der Waals surface area contributed by atoms with Gasteiger partial charge < -0.3 is 4.74 Å². The van der Waals surface area contributed by atoms with Gasteiger partial charge in [0.1, 0.15) is 5.78 Å². The molecular weight excluding hydrogens is 204 g/mol. The second-order valence-electron chi connectivity index (χ2n) is 5.65. The van der Waals surface area contributed by atoms with E-state index in [9.17, 15) is 9.59 Å². The molecule has 0 aliphatic heterocycles. The molecule has 0 aromatic carbocycles. The summed E-state index contributed by atoms with van der Waals surface area (Å²) >= 11 is 0. The zero-order valence-electron chi connectivity index (χ0n) is 10.3. The van der Waals surface area contributed by atoms with Gasteiger partial charge >= 0.3 is 5.97 Å². The van der Waals surface area contributed by atoms with Gasteiger partial charge in [-0.1, -0.05) is 13.8 Å². The van der Waals surface area contributed by atoms with Crippen LogP contribution in [0.4, 0.5) is 0 Å². The lowest BCUT2D eigenvalue weighted by molar-refractivity contribution is -0.151. The Morgan fingerprint density at radius 2 is 2.19 bits per heavy atom. The van der Waals surface area contributed by atoms with Crippen LogP contribution in [0.25, 0.3) is 0 Å². The second-order valence-corrected chi connectivity index (χ2v) is 5.65. The highest BCUT2D eigenvalue weighted by molar-refractivity contribution is 5.93. The van der Waals surface area contributed by atoms with Crippen molar-refractivity contribution in [3.8, 4) is 0 Å². The van der Waals surface area contributed by atoms with Crippen LogP contribution in [-0.4, -0.2) is 18.4 Å². The van der Waals surface area contributed by atoms with E-state index in [4.69, 9.17) is 4.74 Å². The van der Waals surface area contributed by atoms with Gasteiger partial charge in [0.05, 0.1) is 13.0 Å². The topological polar surface area (TPSA) is 43.4 Å². The van der Waals surface area contributed by atoms with E-state index < -0.39 is 5.41 Å². The Kier molecular flexibility index (Phi) is 2.59. The lowest BCUT2D eigenvalue weighted by Crippen LogP contribution is -2.38. The highest BCUT2D eigenvalue weighted by Gasteiger charge is 2.64. The number of carbonyl (C=O) groups is 2. The highest BCUT2D eigenvalue weighted by Crippen LogP contribution is 2.65. The summed E-state index contributed by atoms with van der Waals surface area (Å²) in [5.74, 6) is 0.530. The molecule has 0 radical (unpaired) electrons. The summed E-state index contributed by atoms with van der Waals surface area (Å²) in [6.07, 6.45) is 2.88. The molecule has 0 amide bonds. The van der Waals surface area contributed by atoms with Gasteiger partial charge in [-0.3, -0.25) is 9.59 Å². The molecule has 0 spiro atoms. The standard InChI is InChI=1S/C13H20O3/c1-4-16-11(15)8-13-6-5-9(7-10(13)14)12(13,2)3/h9H,4-8H2,1-3H3. The number of Topliss-reactive ketones (excluding diaryl/α,β-unsaturated/α-hetero) is 1. The van der Waals surface area contributed by atoms with E-state index in [0.29, 0.717) is 18.9 Å². The van der Waals surface area contributed by atoms with Crippen LogP contribution in [0.2, 0.25) is 0 Å². The van der Waals surface area contributed by atoms with Crippen molar-refractivity contribution in [3.63, 3.8) is 0 Å². The van der Waals surface area contributed by atoms with Crippen molar-refractivity contribution in [3.05, 3.63) is 0 Å². The van der Waals surface area contributed by atoms with Crippen molar-refractivity contribution in [1.82, 2.24) is 0 Å². The van der Waals surface area contributed by atoms with E-state index in [1.54, 1.807) is 6.92 Å². The number of esters is 1. The Bertz CT molecular complexity index is 332. The molecule has 90 valence electrons. The molecule has 2 saturated carbocycles. The fourth-order valence-corrected chi connectivity index (χ4v) is 3.64. The first kappa shape index (κ1) is 11.6. The van der Waals surface area contributed by atoms with Crippen LogP contribution in [0.5, 0.6) is 0 Å². The maximum atomic E-state index is 12.1. The Morgan fingerprint density at radius 1 is 1.50 bits per heavy atom. The van der Waals surface area contributed by atoms with E-state index in [1.165, 1.54) is 0 Å². The average Bonchev–Trinajstić information content (AvgIpc) is 2.51. The summed E-state index contributed by atoms with van der Waals surface area (Å²) in [7, 11) is 0. The van der Waals surface area contributed by atoms with Crippen molar-refractivity contribution in [2.45, 2.75) is 46.5 Å². The number of ether oxygens (including phenoxy) is 1. The largest absolute Gasteiger partial charge is 0.466 e. The van der Waals surface area contributed by atoms with Crippen molar-refractivity contribution < 1.29 is 14.3 Å². The molecule has 0 saturated heterocycles. The minimum absolute atomic E-state index is 0.0309. The zero-order chi connectivity index (χ0) is 12.0. The van der Waals surface area contributed by atoms with Gasteiger partial charge in [-0.15, -0.1) is 0 Å². The first-order valence-corrected chi connectivity index (χ1v) is 6.13. The monoisotopic (exact) mass is 224 g/mol. The summed E-state index contributed by atoms with van der Waals surface area (Å²) in [6, 6.07) is 0. The highest BCUT2D eigenvalue weighted by atomic mass is 16.5. The van der Waals surface area contributed by atoms with Gasteiger partial charge in [-0.2, -0.15) is 0 Å². The van der Waals surface area contributed by atoms with Crippen LogP contribution < -0.4 is 0 Å². The molecular formula is C13H20O3. The fraction of sp³-hybridized carbons (Fsp3) is 0.846. The van der Waals surface area contributed by atoms with Gasteiger partial charge in [0, 0.05) is 11.8 Å². The lowest BCUT2D eigenvalue weighted by Gasteiger charge is -2.35. The summed E-state index contributed by atoms with van der Waals surface area (Å²) in [5.41, 5.74) is -0.458. The maximum Gasteiger partial charge on any atom is 0.306 e. The van der Waals surface area contributed by atoms with Gasteiger partial charge in [0.15, 0.2) is 0 Å².